The molecule has 1 atom stereocenters. The van der Waals surface area contributed by atoms with Crippen LogP contribution >= 0.6 is 0 Å². The fourth-order valence-corrected chi connectivity index (χ4v) is 2.53. The van der Waals surface area contributed by atoms with E-state index >= 15 is 0 Å². The Balaban J connectivity index is 2.05. The van der Waals surface area contributed by atoms with Crippen LogP contribution in [0.4, 0.5) is 0 Å². The first-order valence-corrected chi connectivity index (χ1v) is 7.84. The Labute approximate surface area is 122 Å². The summed E-state index contributed by atoms with van der Waals surface area (Å²) >= 11 is 0. The second-order valence-electron chi connectivity index (χ2n) is 6.01. The lowest BCUT2D eigenvalue weighted by Crippen LogP contribution is -2.34. The second-order valence-corrected chi connectivity index (χ2v) is 6.01. The highest BCUT2D eigenvalue weighted by molar-refractivity contribution is 5.74. The molecule has 0 aliphatic carbocycles. The van der Waals surface area contributed by atoms with E-state index in [1.807, 2.05) is 12.4 Å². The van der Waals surface area contributed by atoms with E-state index in [1.54, 1.807) is 0 Å². The first-order chi connectivity index (χ1) is 9.70. The molecule has 1 N–H and O–H groups in total. The predicted molar refractivity (Wildman–Crippen MR) is 85.9 cm³/mol. The summed E-state index contributed by atoms with van der Waals surface area (Å²) in [6, 6.07) is 8.90. The number of benzene rings is 1. The number of imidazole rings is 1. The zero-order valence-corrected chi connectivity index (χ0v) is 13.0. The first kappa shape index (κ1) is 15.0. The van der Waals surface area contributed by atoms with Crippen molar-refractivity contribution in [3.05, 3.63) is 30.6 Å². The summed E-state index contributed by atoms with van der Waals surface area (Å²) in [5.41, 5.74) is 2.32. The first-order valence-electron chi connectivity index (χ1n) is 7.84. The van der Waals surface area contributed by atoms with Crippen LogP contribution in [0.5, 0.6) is 0 Å². The molecule has 0 fully saturated rings. The van der Waals surface area contributed by atoms with Gasteiger partial charge in [0.15, 0.2) is 0 Å². The number of rotatable bonds is 8. The summed E-state index contributed by atoms with van der Waals surface area (Å²) in [6.45, 7) is 8.91. The molecule has 1 aromatic heterocycles. The maximum atomic E-state index is 4.48. The van der Waals surface area contributed by atoms with Crippen LogP contribution in [0.15, 0.2) is 30.6 Å². The van der Waals surface area contributed by atoms with E-state index in [0.717, 1.165) is 24.5 Å². The van der Waals surface area contributed by atoms with Crippen LogP contribution in [-0.2, 0) is 6.54 Å². The van der Waals surface area contributed by atoms with Gasteiger partial charge in [0.25, 0.3) is 0 Å². The summed E-state index contributed by atoms with van der Waals surface area (Å²) in [5.74, 6) is 0.764. The van der Waals surface area contributed by atoms with Gasteiger partial charge in [-0.05, 0) is 43.9 Å². The zero-order chi connectivity index (χ0) is 14.4. The Morgan fingerprint density at radius 3 is 2.75 bits per heavy atom. The normalized spacial score (nSPS) is 13.2. The van der Waals surface area contributed by atoms with Gasteiger partial charge in [-0.15, -0.1) is 0 Å². The minimum Gasteiger partial charge on any atom is -0.329 e. The second kappa shape index (κ2) is 7.44. The lowest BCUT2D eigenvalue weighted by atomic mass is 10.0. The van der Waals surface area contributed by atoms with Crippen LogP contribution in [0.2, 0.25) is 0 Å². The quantitative estimate of drug-likeness (QED) is 0.792. The molecule has 0 aliphatic heterocycles. The Morgan fingerprint density at radius 2 is 2.00 bits per heavy atom. The lowest BCUT2D eigenvalue weighted by Gasteiger charge is -2.20. The van der Waals surface area contributed by atoms with Crippen molar-refractivity contribution in [2.75, 3.05) is 6.54 Å². The summed E-state index contributed by atoms with van der Waals surface area (Å²) in [5, 5.41) is 3.68. The number of nitrogens with one attached hydrogen (secondary N) is 1. The molecule has 0 amide bonds. The number of aromatic nitrogens is 2. The fourth-order valence-electron chi connectivity index (χ4n) is 2.53. The Hall–Kier alpha value is -1.35. The van der Waals surface area contributed by atoms with Crippen molar-refractivity contribution in [1.82, 2.24) is 14.9 Å². The zero-order valence-electron chi connectivity index (χ0n) is 13.0. The molecule has 3 nitrogen and oxygen atoms in total. The van der Waals surface area contributed by atoms with Crippen molar-refractivity contribution < 1.29 is 0 Å². The Morgan fingerprint density at radius 1 is 1.20 bits per heavy atom. The highest BCUT2D eigenvalue weighted by atomic mass is 15.1. The topological polar surface area (TPSA) is 29.9 Å². The minimum atomic E-state index is 0.537. The van der Waals surface area contributed by atoms with Gasteiger partial charge in [-0.1, -0.05) is 32.9 Å². The standard InChI is InChI=1S/C17H27N3/c1-4-11-18-15(10-9-14(2)3)12-20-13-19-16-7-5-6-8-17(16)20/h5-8,13-15,18H,4,9-12H2,1-3H3. The average molecular weight is 273 g/mol. The third-order valence-electron chi connectivity index (χ3n) is 3.72. The molecular formula is C17H27N3. The molecule has 0 spiro atoms. The largest absolute Gasteiger partial charge is 0.329 e. The molecule has 0 radical (unpaired) electrons. The highest BCUT2D eigenvalue weighted by Crippen LogP contribution is 2.14. The van der Waals surface area contributed by atoms with Crippen molar-refractivity contribution in [3.63, 3.8) is 0 Å². The molecule has 1 unspecified atom stereocenters. The van der Waals surface area contributed by atoms with Gasteiger partial charge in [0, 0.05) is 12.6 Å². The van der Waals surface area contributed by atoms with E-state index in [4.69, 9.17) is 0 Å². The van der Waals surface area contributed by atoms with Gasteiger partial charge in [0.2, 0.25) is 0 Å². The summed E-state index contributed by atoms with van der Waals surface area (Å²) in [4.78, 5) is 4.48. The maximum Gasteiger partial charge on any atom is 0.0958 e. The van der Waals surface area contributed by atoms with Gasteiger partial charge >= 0.3 is 0 Å². The molecule has 3 heteroatoms. The molecule has 0 aliphatic rings. The smallest absolute Gasteiger partial charge is 0.0958 e. The number of fused-ring (bicyclic) bond motifs is 1. The van der Waals surface area contributed by atoms with E-state index in [2.05, 4.69) is 53.8 Å². The summed E-state index contributed by atoms with van der Waals surface area (Å²) < 4.78 is 2.28. The van der Waals surface area contributed by atoms with E-state index in [1.165, 1.54) is 24.8 Å². The van der Waals surface area contributed by atoms with E-state index < -0.39 is 0 Å². The van der Waals surface area contributed by atoms with E-state index in [-0.39, 0.29) is 0 Å². The van der Waals surface area contributed by atoms with Crippen molar-refractivity contribution >= 4 is 11.0 Å². The summed E-state index contributed by atoms with van der Waals surface area (Å²) in [7, 11) is 0. The van der Waals surface area contributed by atoms with E-state index in [9.17, 15) is 0 Å². The number of hydrogen-bond acceptors (Lipinski definition) is 2. The van der Waals surface area contributed by atoms with E-state index in [0.29, 0.717) is 6.04 Å². The maximum absolute atomic E-state index is 4.48. The fraction of sp³-hybridized carbons (Fsp3) is 0.588. The van der Waals surface area contributed by atoms with Crippen molar-refractivity contribution in [2.45, 2.75) is 52.6 Å². The predicted octanol–water partition coefficient (Wildman–Crippen LogP) is 3.84. The van der Waals surface area contributed by atoms with Crippen LogP contribution < -0.4 is 5.32 Å². The van der Waals surface area contributed by atoms with Gasteiger partial charge in [-0.25, -0.2) is 4.98 Å². The SMILES string of the molecule is CCCNC(CCC(C)C)Cn1cnc2ccccc21. The highest BCUT2D eigenvalue weighted by Gasteiger charge is 2.11. The monoisotopic (exact) mass is 273 g/mol. The molecule has 110 valence electrons. The van der Waals surface area contributed by atoms with Gasteiger partial charge in [-0.3, -0.25) is 0 Å². The molecule has 2 rings (SSSR count). The average Bonchev–Trinajstić information content (AvgIpc) is 2.85. The van der Waals surface area contributed by atoms with Crippen LogP contribution in [0.25, 0.3) is 11.0 Å². The molecule has 0 bridgehead atoms. The minimum absolute atomic E-state index is 0.537. The molecule has 0 saturated carbocycles. The van der Waals surface area contributed by atoms with Crippen LogP contribution in [0.1, 0.15) is 40.0 Å². The third kappa shape index (κ3) is 4.07. The lowest BCUT2D eigenvalue weighted by molar-refractivity contribution is 0.392. The van der Waals surface area contributed by atoms with Gasteiger partial charge in [0.1, 0.15) is 0 Å². The van der Waals surface area contributed by atoms with Crippen LogP contribution in [0.3, 0.4) is 0 Å². The molecular weight excluding hydrogens is 246 g/mol. The van der Waals surface area contributed by atoms with Gasteiger partial charge in [0.05, 0.1) is 17.4 Å². The third-order valence-corrected chi connectivity index (χ3v) is 3.72. The molecule has 1 aromatic carbocycles. The van der Waals surface area contributed by atoms with Crippen molar-refractivity contribution in [2.24, 2.45) is 5.92 Å². The summed E-state index contributed by atoms with van der Waals surface area (Å²) in [6.07, 6.45) is 5.65. The number of nitrogens with zero attached hydrogens (tertiary/aromatic N) is 2. The molecule has 2 aromatic rings. The molecule has 20 heavy (non-hydrogen) atoms. The number of para-hydroxylation sites is 2. The van der Waals surface area contributed by atoms with Crippen LogP contribution in [-0.4, -0.2) is 22.1 Å². The van der Waals surface area contributed by atoms with Crippen molar-refractivity contribution in [3.8, 4) is 0 Å². The Kier molecular flexibility index (Phi) is 5.60. The van der Waals surface area contributed by atoms with Gasteiger partial charge in [-0.2, -0.15) is 0 Å². The van der Waals surface area contributed by atoms with Crippen molar-refractivity contribution in [1.29, 1.82) is 0 Å². The Bertz CT molecular complexity index is 516. The van der Waals surface area contributed by atoms with Crippen LogP contribution in [0, 0.1) is 5.92 Å². The number of hydrogen-bond donors (Lipinski definition) is 1. The molecule has 0 saturated heterocycles. The van der Waals surface area contributed by atoms with Gasteiger partial charge < -0.3 is 9.88 Å². The molecule has 1 heterocycles.